The van der Waals surface area contributed by atoms with E-state index in [2.05, 4.69) is 26.5 Å². The Labute approximate surface area is 150 Å². The van der Waals surface area contributed by atoms with Crippen LogP contribution in [0.4, 0.5) is 0 Å². The van der Waals surface area contributed by atoms with Crippen LogP contribution in [-0.4, -0.2) is 16.7 Å². The molecule has 1 aromatic heterocycles. The fraction of sp³-hybridized carbons (Fsp3) is 0.0556. The van der Waals surface area contributed by atoms with E-state index in [-0.39, 0.29) is 16.9 Å². The van der Waals surface area contributed by atoms with Crippen LogP contribution in [0.5, 0.6) is 5.75 Å². The number of rotatable bonds is 3. The minimum atomic E-state index is -0.601. The Balaban J connectivity index is 1.88. The fourth-order valence-electron chi connectivity index (χ4n) is 2.24. The predicted octanol–water partition coefficient (Wildman–Crippen LogP) is 3.42. The van der Waals surface area contributed by atoms with Gasteiger partial charge in [-0.15, -0.1) is 0 Å². The number of phenols is 1. The van der Waals surface area contributed by atoms with Crippen molar-refractivity contribution in [3.8, 4) is 5.75 Å². The smallest absolute Gasteiger partial charge is 0.345 e. The predicted molar refractivity (Wildman–Crippen MR) is 98.0 cm³/mol. The monoisotopic (exact) mass is 400 g/mol. The molecule has 1 heterocycles. The summed E-state index contributed by atoms with van der Waals surface area (Å²) in [5.74, 6) is -0.383. The van der Waals surface area contributed by atoms with Crippen molar-refractivity contribution in [1.29, 1.82) is 0 Å². The number of benzene rings is 2. The third-order valence-corrected chi connectivity index (χ3v) is 4.01. The molecule has 6 nitrogen and oxygen atoms in total. The number of fused-ring (bicyclic) bond motifs is 1. The Morgan fingerprint density at radius 2 is 2.00 bits per heavy atom. The van der Waals surface area contributed by atoms with Gasteiger partial charge in [0.2, 0.25) is 0 Å². The Hall–Kier alpha value is -2.93. The van der Waals surface area contributed by atoms with Crippen LogP contribution in [0.25, 0.3) is 11.0 Å². The van der Waals surface area contributed by atoms with Gasteiger partial charge in [0.05, 0.1) is 11.3 Å². The average Bonchev–Trinajstić information content (AvgIpc) is 2.58. The van der Waals surface area contributed by atoms with Crippen molar-refractivity contribution in [2.24, 2.45) is 5.10 Å². The van der Waals surface area contributed by atoms with Gasteiger partial charge in [0.1, 0.15) is 11.3 Å². The summed E-state index contributed by atoms with van der Waals surface area (Å²) in [6, 6.07) is 13.0. The van der Waals surface area contributed by atoms with Gasteiger partial charge in [-0.05, 0) is 43.3 Å². The minimum absolute atomic E-state index is 0.00933. The van der Waals surface area contributed by atoms with Gasteiger partial charge >= 0.3 is 5.63 Å². The molecule has 2 aromatic carbocycles. The number of hydrogen-bond acceptors (Lipinski definition) is 5. The first kappa shape index (κ1) is 16.9. The van der Waals surface area contributed by atoms with Crippen molar-refractivity contribution < 1.29 is 14.3 Å². The third-order valence-electron chi connectivity index (χ3n) is 3.52. The highest BCUT2D eigenvalue weighted by Gasteiger charge is 2.10. The van der Waals surface area contributed by atoms with E-state index >= 15 is 0 Å². The van der Waals surface area contributed by atoms with Crippen LogP contribution >= 0.6 is 15.9 Å². The molecule has 7 heteroatoms. The zero-order chi connectivity index (χ0) is 18.0. The van der Waals surface area contributed by atoms with E-state index in [1.165, 1.54) is 12.1 Å². The molecule has 0 bridgehead atoms. The largest absolute Gasteiger partial charge is 0.508 e. The van der Waals surface area contributed by atoms with E-state index < -0.39 is 11.5 Å². The highest BCUT2D eigenvalue weighted by Crippen LogP contribution is 2.19. The molecule has 0 saturated carbocycles. The summed E-state index contributed by atoms with van der Waals surface area (Å²) >= 11 is 3.30. The number of nitrogens with one attached hydrogen (secondary N) is 1. The maximum absolute atomic E-state index is 12.1. The van der Waals surface area contributed by atoms with Crippen molar-refractivity contribution in [2.45, 2.75) is 6.92 Å². The van der Waals surface area contributed by atoms with Crippen LogP contribution < -0.4 is 11.1 Å². The number of nitrogens with zero attached hydrogens (tertiary/aromatic N) is 1. The molecular weight excluding hydrogens is 388 g/mol. The molecule has 0 aliphatic rings. The molecule has 0 aliphatic heterocycles. The van der Waals surface area contributed by atoms with Crippen molar-refractivity contribution >= 4 is 38.5 Å². The van der Waals surface area contributed by atoms with Gasteiger partial charge < -0.3 is 9.52 Å². The maximum atomic E-state index is 12.1. The number of carbonyl (C=O) groups is 1. The molecule has 2 N–H and O–H groups in total. The quantitative estimate of drug-likeness (QED) is 0.400. The van der Waals surface area contributed by atoms with Gasteiger partial charge in [0.25, 0.3) is 5.91 Å². The van der Waals surface area contributed by atoms with Gasteiger partial charge in [0.15, 0.2) is 0 Å². The van der Waals surface area contributed by atoms with Crippen LogP contribution in [0.2, 0.25) is 0 Å². The van der Waals surface area contributed by atoms with Crippen molar-refractivity contribution in [3.63, 3.8) is 0 Å². The molecular formula is C18H13BrN2O4. The Bertz CT molecular complexity index is 1060. The lowest BCUT2D eigenvalue weighted by molar-refractivity contribution is 0.0954. The first-order chi connectivity index (χ1) is 11.9. The molecule has 3 aromatic rings. The number of halogens is 1. The van der Waals surface area contributed by atoms with Crippen LogP contribution in [0.15, 0.2) is 67.3 Å². The summed E-state index contributed by atoms with van der Waals surface area (Å²) in [5.41, 5.74) is 3.07. The highest BCUT2D eigenvalue weighted by molar-refractivity contribution is 9.10. The summed E-state index contributed by atoms with van der Waals surface area (Å²) in [7, 11) is 0. The summed E-state index contributed by atoms with van der Waals surface area (Å²) < 4.78 is 5.96. The lowest BCUT2D eigenvalue weighted by atomic mass is 10.1. The highest BCUT2D eigenvalue weighted by atomic mass is 79.9. The third kappa shape index (κ3) is 3.77. The first-order valence-corrected chi connectivity index (χ1v) is 8.11. The summed E-state index contributed by atoms with van der Waals surface area (Å²) in [6.07, 6.45) is 0. The zero-order valence-electron chi connectivity index (χ0n) is 13.1. The van der Waals surface area contributed by atoms with Gasteiger partial charge in [0, 0.05) is 21.5 Å². The molecule has 0 radical (unpaired) electrons. The van der Waals surface area contributed by atoms with Gasteiger partial charge in [-0.1, -0.05) is 22.0 Å². The summed E-state index contributed by atoms with van der Waals surface area (Å²) in [6.45, 7) is 1.60. The van der Waals surface area contributed by atoms with Crippen molar-refractivity contribution in [3.05, 3.63) is 74.6 Å². The van der Waals surface area contributed by atoms with Gasteiger partial charge in [-0.3, -0.25) is 4.79 Å². The molecule has 0 atom stereocenters. The molecule has 1 amide bonds. The minimum Gasteiger partial charge on any atom is -0.508 e. The van der Waals surface area contributed by atoms with Crippen LogP contribution in [0.3, 0.4) is 0 Å². The topological polar surface area (TPSA) is 91.9 Å². The van der Waals surface area contributed by atoms with E-state index in [4.69, 9.17) is 4.42 Å². The Morgan fingerprint density at radius 3 is 2.76 bits per heavy atom. The standard InChI is InChI=1S/C18H13BrN2O4/c1-10(20-21-17(23)12-3-2-4-13(19)7-12)15-8-11-5-6-14(22)9-16(11)25-18(15)24/h2-9,22H,1H3,(H,21,23)/b20-10+. The number of hydrazone groups is 1. The van der Waals surface area contributed by atoms with Crippen molar-refractivity contribution in [2.75, 3.05) is 0 Å². The normalized spacial score (nSPS) is 11.5. The zero-order valence-corrected chi connectivity index (χ0v) is 14.7. The molecule has 126 valence electrons. The Morgan fingerprint density at radius 1 is 1.20 bits per heavy atom. The van der Waals surface area contributed by atoms with Crippen LogP contribution in [0.1, 0.15) is 22.8 Å². The molecule has 0 unspecified atom stereocenters. The van der Waals surface area contributed by atoms with E-state index in [0.29, 0.717) is 16.7 Å². The van der Waals surface area contributed by atoms with E-state index in [1.54, 1.807) is 37.3 Å². The van der Waals surface area contributed by atoms with Crippen LogP contribution in [-0.2, 0) is 0 Å². The molecule has 0 saturated heterocycles. The van der Waals surface area contributed by atoms with Gasteiger partial charge in [-0.25, -0.2) is 10.2 Å². The van der Waals surface area contributed by atoms with E-state index in [0.717, 1.165) is 4.47 Å². The molecule has 25 heavy (non-hydrogen) atoms. The van der Waals surface area contributed by atoms with Crippen molar-refractivity contribution in [1.82, 2.24) is 5.43 Å². The van der Waals surface area contributed by atoms with Crippen LogP contribution in [0, 0.1) is 0 Å². The molecule has 0 fully saturated rings. The average molecular weight is 401 g/mol. The second-order valence-corrected chi connectivity index (χ2v) is 6.23. The summed E-state index contributed by atoms with van der Waals surface area (Å²) in [5, 5.41) is 14.1. The lowest BCUT2D eigenvalue weighted by Crippen LogP contribution is -2.21. The lowest BCUT2D eigenvalue weighted by Gasteiger charge is -2.04. The van der Waals surface area contributed by atoms with E-state index in [9.17, 15) is 14.7 Å². The second kappa shape index (κ2) is 6.90. The molecule has 3 rings (SSSR count). The maximum Gasteiger partial charge on any atom is 0.345 e. The Kier molecular flexibility index (Phi) is 4.67. The number of carbonyl (C=O) groups excluding carboxylic acids is 1. The number of phenolic OH excluding ortho intramolecular Hbond substituents is 1. The molecule has 0 spiro atoms. The SMILES string of the molecule is C/C(=N\NC(=O)c1cccc(Br)c1)c1cc2ccc(O)cc2oc1=O. The number of amides is 1. The molecule has 0 aliphatic carbocycles. The fourth-order valence-corrected chi connectivity index (χ4v) is 2.64. The first-order valence-electron chi connectivity index (χ1n) is 7.31. The summed E-state index contributed by atoms with van der Waals surface area (Å²) in [4.78, 5) is 24.2. The number of aromatic hydroxyl groups is 1. The van der Waals surface area contributed by atoms with E-state index in [1.807, 2.05) is 6.07 Å². The van der Waals surface area contributed by atoms with Gasteiger partial charge in [-0.2, -0.15) is 5.10 Å². The number of hydrogen-bond donors (Lipinski definition) is 2. The second-order valence-electron chi connectivity index (χ2n) is 5.32.